The number of halogens is 2. The highest BCUT2D eigenvalue weighted by atomic mass is 79.9. The molecule has 1 N–H and O–H groups in total. The molecule has 0 saturated heterocycles. The molecule has 2 aromatic carbocycles. The van der Waals surface area contributed by atoms with Crippen molar-refractivity contribution in [3.8, 4) is 0 Å². The Labute approximate surface area is 123 Å². The van der Waals surface area contributed by atoms with E-state index in [1.807, 2.05) is 42.5 Å². The highest BCUT2D eigenvalue weighted by molar-refractivity contribution is 9.10. The van der Waals surface area contributed by atoms with E-state index in [1.54, 1.807) is 6.07 Å². The molecule has 19 heavy (non-hydrogen) atoms. The fourth-order valence-corrected chi connectivity index (χ4v) is 2.42. The third kappa shape index (κ3) is 2.41. The van der Waals surface area contributed by atoms with E-state index in [-0.39, 0.29) is 0 Å². The number of furan rings is 1. The second-order valence-corrected chi connectivity index (χ2v) is 5.52. The Morgan fingerprint density at radius 1 is 1.11 bits per heavy atom. The van der Waals surface area contributed by atoms with E-state index in [0.29, 0.717) is 16.3 Å². The van der Waals surface area contributed by atoms with Gasteiger partial charge in [0.25, 0.3) is 0 Å². The first-order valence-corrected chi connectivity index (χ1v) is 6.94. The van der Waals surface area contributed by atoms with Crippen LogP contribution in [0.5, 0.6) is 0 Å². The summed E-state index contributed by atoms with van der Waals surface area (Å²) < 4.78 is 6.45. The molecule has 0 spiro atoms. The molecule has 0 fully saturated rings. The third-order valence-corrected chi connectivity index (χ3v) is 4.21. The van der Waals surface area contributed by atoms with Gasteiger partial charge in [-0.3, -0.25) is 0 Å². The molecule has 0 aliphatic rings. The molecule has 4 heteroatoms. The molecular weight excluding hydrogens is 328 g/mol. The van der Waals surface area contributed by atoms with Gasteiger partial charge in [-0.2, -0.15) is 0 Å². The van der Waals surface area contributed by atoms with Gasteiger partial charge < -0.3 is 9.52 Å². The first kappa shape index (κ1) is 12.7. The Kier molecular flexibility index (Phi) is 3.35. The summed E-state index contributed by atoms with van der Waals surface area (Å²) >= 11 is 9.36. The zero-order valence-corrected chi connectivity index (χ0v) is 12.1. The number of hydrogen-bond acceptors (Lipinski definition) is 2. The molecule has 1 aromatic heterocycles. The Hall–Kier alpha value is -1.29. The maximum Gasteiger partial charge on any atom is 0.138 e. The van der Waals surface area contributed by atoms with Crippen LogP contribution in [-0.4, -0.2) is 5.11 Å². The molecule has 3 aromatic rings. The third-order valence-electron chi connectivity index (χ3n) is 2.97. The zero-order valence-electron chi connectivity index (χ0n) is 9.81. The van der Waals surface area contributed by atoms with Crippen molar-refractivity contribution in [3.05, 3.63) is 69.3 Å². The smallest absolute Gasteiger partial charge is 0.138 e. The van der Waals surface area contributed by atoms with E-state index in [9.17, 15) is 5.11 Å². The van der Waals surface area contributed by atoms with E-state index >= 15 is 0 Å². The molecule has 1 atom stereocenters. The fourth-order valence-electron chi connectivity index (χ4n) is 1.98. The second-order valence-electron chi connectivity index (χ2n) is 4.26. The first-order valence-electron chi connectivity index (χ1n) is 5.76. The van der Waals surface area contributed by atoms with Gasteiger partial charge in [-0.05, 0) is 45.8 Å². The van der Waals surface area contributed by atoms with Crippen LogP contribution in [-0.2, 0) is 0 Å². The molecule has 2 nitrogen and oxygen atoms in total. The number of aliphatic hydroxyl groups is 1. The number of hydrogen-bond donors (Lipinski definition) is 1. The lowest BCUT2D eigenvalue weighted by molar-refractivity contribution is 0.192. The zero-order chi connectivity index (χ0) is 13.4. The van der Waals surface area contributed by atoms with E-state index in [4.69, 9.17) is 16.0 Å². The van der Waals surface area contributed by atoms with Crippen LogP contribution in [0.1, 0.15) is 17.4 Å². The van der Waals surface area contributed by atoms with Crippen molar-refractivity contribution >= 4 is 38.5 Å². The normalized spacial score (nSPS) is 12.8. The molecule has 0 aliphatic heterocycles. The molecule has 96 valence electrons. The monoisotopic (exact) mass is 336 g/mol. The van der Waals surface area contributed by atoms with Crippen molar-refractivity contribution < 1.29 is 9.52 Å². The van der Waals surface area contributed by atoms with Crippen molar-refractivity contribution in [2.75, 3.05) is 0 Å². The standard InChI is InChI=1S/C15H10BrClO2/c16-11-6-5-10(7-12(11)17)15(18)14-8-9-3-1-2-4-13(9)19-14/h1-8,15,18H. The summed E-state index contributed by atoms with van der Waals surface area (Å²) in [6.07, 6.45) is -0.821. The number of benzene rings is 2. The number of rotatable bonds is 2. The van der Waals surface area contributed by atoms with E-state index in [2.05, 4.69) is 15.9 Å². The van der Waals surface area contributed by atoms with Gasteiger partial charge in [-0.1, -0.05) is 35.9 Å². The predicted molar refractivity (Wildman–Crippen MR) is 79.4 cm³/mol. The lowest BCUT2D eigenvalue weighted by atomic mass is 10.1. The highest BCUT2D eigenvalue weighted by Crippen LogP contribution is 2.31. The minimum absolute atomic E-state index is 0.514. The quantitative estimate of drug-likeness (QED) is 0.719. The van der Waals surface area contributed by atoms with Gasteiger partial charge in [-0.25, -0.2) is 0 Å². The highest BCUT2D eigenvalue weighted by Gasteiger charge is 2.16. The van der Waals surface area contributed by atoms with Gasteiger partial charge in [0.1, 0.15) is 17.4 Å². The summed E-state index contributed by atoms with van der Waals surface area (Å²) in [5, 5.41) is 11.9. The lowest BCUT2D eigenvalue weighted by Gasteiger charge is -2.08. The fraction of sp³-hybridized carbons (Fsp3) is 0.0667. The van der Waals surface area contributed by atoms with Crippen LogP contribution < -0.4 is 0 Å². The van der Waals surface area contributed by atoms with E-state index < -0.39 is 6.10 Å². The summed E-state index contributed by atoms with van der Waals surface area (Å²) in [5.74, 6) is 0.514. The van der Waals surface area contributed by atoms with E-state index in [0.717, 1.165) is 15.4 Å². The van der Waals surface area contributed by atoms with Gasteiger partial charge in [0, 0.05) is 9.86 Å². The van der Waals surface area contributed by atoms with Crippen LogP contribution in [0.25, 0.3) is 11.0 Å². The van der Waals surface area contributed by atoms with Crippen LogP contribution in [0, 0.1) is 0 Å². The van der Waals surface area contributed by atoms with E-state index in [1.165, 1.54) is 0 Å². The number of aliphatic hydroxyl groups excluding tert-OH is 1. The SMILES string of the molecule is OC(c1ccc(Br)c(Cl)c1)c1cc2ccccc2o1. The van der Waals surface area contributed by atoms with Crippen molar-refractivity contribution in [3.63, 3.8) is 0 Å². The van der Waals surface area contributed by atoms with Crippen molar-refractivity contribution in [2.24, 2.45) is 0 Å². The lowest BCUT2D eigenvalue weighted by Crippen LogP contribution is -1.97. The molecule has 0 bridgehead atoms. The van der Waals surface area contributed by atoms with Crippen molar-refractivity contribution in [1.82, 2.24) is 0 Å². The van der Waals surface area contributed by atoms with Crippen LogP contribution in [0.3, 0.4) is 0 Å². The second kappa shape index (κ2) is 5.00. The summed E-state index contributed by atoms with van der Waals surface area (Å²) in [6.45, 7) is 0. The minimum Gasteiger partial charge on any atom is -0.458 e. The molecular formula is C15H10BrClO2. The average molecular weight is 338 g/mol. The largest absolute Gasteiger partial charge is 0.458 e. The molecule has 3 rings (SSSR count). The molecule has 1 unspecified atom stereocenters. The summed E-state index contributed by atoms with van der Waals surface area (Å²) in [5.41, 5.74) is 1.46. The Morgan fingerprint density at radius 3 is 2.63 bits per heavy atom. The van der Waals surface area contributed by atoms with Gasteiger partial charge >= 0.3 is 0 Å². The Morgan fingerprint density at radius 2 is 1.89 bits per heavy atom. The number of para-hydroxylation sites is 1. The first-order chi connectivity index (χ1) is 9.15. The van der Waals surface area contributed by atoms with Gasteiger partial charge in [-0.15, -0.1) is 0 Å². The van der Waals surface area contributed by atoms with Gasteiger partial charge in [0.15, 0.2) is 0 Å². The van der Waals surface area contributed by atoms with Crippen LogP contribution in [0.15, 0.2) is 57.4 Å². The van der Waals surface area contributed by atoms with Crippen molar-refractivity contribution in [2.45, 2.75) is 6.10 Å². The molecule has 0 aliphatic carbocycles. The minimum atomic E-state index is -0.821. The maximum absolute atomic E-state index is 10.3. The molecule has 0 radical (unpaired) electrons. The van der Waals surface area contributed by atoms with Crippen LogP contribution >= 0.6 is 27.5 Å². The molecule has 0 saturated carbocycles. The predicted octanol–water partition coefficient (Wildman–Crippen LogP) is 4.93. The maximum atomic E-state index is 10.3. The van der Waals surface area contributed by atoms with Crippen LogP contribution in [0.2, 0.25) is 5.02 Å². The summed E-state index contributed by atoms with van der Waals surface area (Å²) in [4.78, 5) is 0. The van der Waals surface area contributed by atoms with Gasteiger partial charge in [0.2, 0.25) is 0 Å². The topological polar surface area (TPSA) is 33.4 Å². The molecule has 1 heterocycles. The molecule has 0 amide bonds. The van der Waals surface area contributed by atoms with Crippen molar-refractivity contribution in [1.29, 1.82) is 0 Å². The summed E-state index contributed by atoms with van der Waals surface area (Å²) in [6, 6.07) is 14.9. The Bertz CT molecular complexity index is 703. The Balaban J connectivity index is 2.02. The van der Waals surface area contributed by atoms with Gasteiger partial charge in [0.05, 0.1) is 5.02 Å². The number of fused-ring (bicyclic) bond motifs is 1. The average Bonchev–Trinajstić information content (AvgIpc) is 2.85. The summed E-state index contributed by atoms with van der Waals surface area (Å²) in [7, 11) is 0. The van der Waals surface area contributed by atoms with Crippen LogP contribution in [0.4, 0.5) is 0 Å².